The van der Waals surface area contributed by atoms with E-state index in [2.05, 4.69) is 20.4 Å². The van der Waals surface area contributed by atoms with Gasteiger partial charge in [0.25, 0.3) is 0 Å². The maximum absolute atomic E-state index is 12.2. The van der Waals surface area contributed by atoms with Gasteiger partial charge in [-0.2, -0.15) is 18.2 Å². The molecule has 1 amide bonds. The largest absolute Gasteiger partial charge is 0.442 e. The molecule has 0 radical (unpaired) electrons. The fourth-order valence-corrected chi connectivity index (χ4v) is 2.23. The Labute approximate surface area is 140 Å². The van der Waals surface area contributed by atoms with Gasteiger partial charge in [0.1, 0.15) is 6.04 Å². The number of halogens is 3. The predicted molar refractivity (Wildman–Crippen MR) is 81.8 cm³/mol. The van der Waals surface area contributed by atoms with Crippen molar-refractivity contribution in [2.24, 2.45) is 5.92 Å². The second-order valence-corrected chi connectivity index (χ2v) is 6.26. The van der Waals surface area contributed by atoms with Crippen LogP contribution < -0.4 is 5.32 Å². The van der Waals surface area contributed by atoms with Gasteiger partial charge in [-0.3, -0.25) is 9.78 Å². The number of hydrogen-bond donors (Lipinski definition) is 1. The maximum Gasteiger partial charge on any atom is 0.442 e. The molecule has 130 valence electrons. The molecule has 0 fully saturated rings. The molecular formula is C14H15F3N4O2S. The van der Waals surface area contributed by atoms with Crippen molar-refractivity contribution in [3.05, 3.63) is 30.4 Å². The third-order valence-electron chi connectivity index (χ3n) is 2.98. The molecule has 0 aromatic carbocycles. The monoisotopic (exact) mass is 360 g/mol. The molecule has 0 spiro atoms. The number of thioether (sulfide) groups is 1. The fourth-order valence-electron chi connectivity index (χ4n) is 1.85. The van der Waals surface area contributed by atoms with Crippen LogP contribution in [0.4, 0.5) is 13.2 Å². The van der Waals surface area contributed by atoms with Gasteiger partial charge in [-0.25, -0.2) is 0 Å². The minimum absolute atomic E-state index is 0.134. The number of aromatic nitrogens is 3. The Hall–Kier alpha value is -2.10. The van der Waals surface area contributed by atoms with Crippen molar-refractivity contribution in [2.75, 3.05) is 5.75 Å². The van der Waals surface area contributed by atoms with Gasteiger partial charge in [0.05, 0.1) is 5.75 Å². The highest BCUT2D eigenvalue weighted by atomic mass is 32.2. The number of carbonyl (C=O) groups is 1. The van der Waals surface area contributed by atoms with Crippen molar-refractivity contribution in [2.45, 2.75) is 25.4 Å². The molecule has 0 aliphatic carbocycles. The smallest absolute Gasteiger partial charge is 0.343 e. The molecular weight excluding hydrogens is 345 g/mol. The number of alkyl halides is 3. The van der Waals surface area contributed by atoms with E-state index >= 15 is 0 Å². The van der Waals surface area contributed by atoms with Crippen LogP contribution in [0, 0.1) is 5.92 Å². The lowest BCUT2D eigenvalue weighted by Crippen LogP contribution is -2.33. The van der Waals surface area contributed by atoms with Gasteiger partial charge >= 0.3 is 5.51 Å². The van der Waals surface area contributed by atoms with E-state index in [1.807, 2.05) is 0 Å². The summed E-state index contributed by atoms with van der Waals surface area (Å²) >= 11 is -0.394. The average Bonchev–Trinajstić information content (AvgIpc) is 3.00. The van der Waals surface area contributed by atoms with E-state index in [-0.39, 0.29) is 11.8 Å². The molecule has 1 N–H and O–H groups in total. The van der Waals surface area contributed by atoms with Crippen LogP contribution in [0.3, 0.4) is 0 Å². The standard InChI is InChI=1S/C14H15F3N4O2S/c1-8(2)11(19-10(22)7-24-14(15,16)17)13-20-12(21-23-13)9-4-3-5-18-6-9/h3-6,8,11H,7H2,1-2H3,(H,19,22). The summed E-state index contributed by atoms with van der Waals surface area (Å²) in [5.41, 5.74) is -3.82. The van der Waals surface area contributed by atoms with Gasteiger partial charge in [0, 0.05) is 18.0 Å². The first kappa shape index (κ1) is 18.2. The fraction of sp³-hybridized carbons (Fsp3) is 0.429. The number of nitrogens with one attached hydrogen (secondary N) is 1. The molecule has 1 unspecified atom stereocenters. The van der Waals surface area contributed by atoms with Crippen molar-refractivity contribution in [3.8, 4) is 11.4 Å². The Morgan fingerprint density at radius 2 is 2.17 bits per heavy atom. The van der Waals surface area contributed by atoms with Crippen LogP contribution in [-0.2, 0) is 4.79 Å². The SMILES string of the molecule is CC(C)C(NC(=O)CSC(F)(F)F)c1nc(-c2cccnc2)no1. The van der Waals surface area contributed by atoms with Crippen LogP contribution in [0.15, 0.2) is 29.0 Å². The van der Waals surface area contributed by atoms with Gasteiger partial charge in [-0.15, -0.1) is 0 Å². The number of carbonyl (C=O) groups excluding carboxylic acids is 1. The molecule has 10 heteroatoms. The summed E-state index contributed by atoms with van der Waals surface area (Å²) < 4.78 is 41.6. The number of nitrogens with zero attached hydrogens (tertiary/aromatic N) is 3. The topological polar surface area (TPSA) is 80.9 Å². The van der Waals surface area contributed by atoms with E-state index in [0.29, 0.717) is 11.4 Å². The Bertz CT molecular complexity index is 676. The first-order valence-corrected chi connectivity index (χ1v) is 7.99. The first-order valence-electron chi connectivity index (χ1n) is 7.00. The predicted octanol–water partition coefficient (Wildman–Crippen LogP) is 3.20. The molecule has 0 bridgehead atoms. The van der Waals surface area contributed by atoms with E-state index < -0.39 is 35.0 Å². The lowest BCUT2D eigenvalue weighted by Gasteiger charge is -2.18. The van der Waals surface area contributed by atoms with Crippen molar-refractivity contribution >= 4 is 17.7 Å². The van der Waals surface area contributed by atoms with Crippen LogP contribution in [0.5, 0.6) is 0 Å². The highest BCUT2D eigenvalue weighted by Gasteiger charge is 2.31. The number of hydrogen-bond acceptors (Lipinski definition) is 6. The van der Waals surface area contributed by atoms with Gasteiger partial charge in [-0.05, 0) is 29.8 Å². The number of pyridine rings is 1. The second-order valence-electron chi connectivity index (χ2n) is 5.22. The van der Waals surface area contributed by atoms with Gasteiger partial charge in [0.2, 0.25) is 17.6 Å². The third kappa shape index (κ3) is 5.22. The molecule has 2 heterocycles. The van der Waals surface area contributed by atoms with E-state index in [0.717, 1.165) is 0 Å². The van der Waals surface area contributed by atoms with E-state index in [1.165, 1.54) is 0 Å². The lowest BCUT2D eigenvalue weighted by atomic mass is 10.0. The summed E-state index contributed by atoms with van der Waals surface area (Å²) in [7, 11) is 0. The van der Waals surface area contributed by atoms with E-state index in [9.17, 15) is 18.0 Å². The summed E-state index contributed by atoms with van der Waals surface area (Å²) in [6, 6.07) is 2.77. The average molecular weight is 360 g/mol. The first-order chi connectivity index (χ1) is 11.3. The number of amides is 1. The zero-order valence-corrected chi connectivity index (χ0v) is 13.7. The Morgan fingerprint density at radius 1 is 1.42 bits per heavy atom. The molecule has 0 saturated heterocycles. The van der Waals surface area contributed by atoms with Crippen LogP contribution >= 0.6 is 11.8 Å². The molecule has 0 aliphatic rings. The van der Waals surface area contributed by atoms with Crippen molar-refractivity contribution in [1.82, 2.24) is 20.4 Å². The lowest BCUT2D eigenvalue weighted by molar-refractivity contribution is -0.120. The molecule has 2 aromatic rings. The Morgan fingerprint density at radius 3 is 2.75 bits per heavy atom. The Balaban J connectivity index is 2.08. The van der Waals surface area contributed by atoms with Crippen LogP contribution in [0.1, 0.15) is 25.8 Å². The van der Waals surface area contributed by atoms with Gasteiger partial charge in [0.15, 0.2) is 0 Å². The molecule has 24 heavy (non-hydrogen) atoms. The van der Waals surface area contributed by atoms with Crippen molar-refractivity contribution in [3.63, 3.8) is 0 Å². The normalized spacial score (nSPS) is 13.1. The van der Waals surface area contributed by atoms with Crippen LogP contribution in [0.25, 0.3) is 11.4 Å². The van der Waals surface area contributed by atoms with Crippen molar-refractivity contribution < 1.29 is 22.5 Å². The van der Waals surface area contributed by atoms with Crippen molar-refractivity contribution in [1.29, 1.82) is 0 Å². The summed E-state index contributed by atoms with van der Waals surface area (Å²) in [4.78, 5) is 19.9. The highest BCUT2D eigenvalue weighted by molar-refractivity contribution is 8.00. The molecule has 6 nitrogen and oxygen atoms in total. The molecule has 2 aromatic heterocycles. The van der Waals surface area contributed by atoms with Gasteiger partial charge in [-0.1, -0.05) is 19.0 Å². The summed E-state index contributed by atoms with van der Waals surface area (Å²) in [5.74, 6) is -1.20. The molecule has 0 saturated carbocycles. The van der Waals surface area contributed by atoms with E-state index in [4.69, 9.17) is 4.52 Å². The molecule has 1 atom stereocenters. The van der Waals surface area contributed by atoms with Crippen LogP contribution in [0.2, 0.25) is 0 Å². The van der Waals surface area contributed by atoms with E-state index in [1.54, 1.807) is 38.4 Å². The molecule has 0 aliphatic heterocycles. The number of rotatable bonds is 6. The second kappa shape index (κ2) is 7.65. The quantitative estimate of drug-likeness (QED) is 0.852. The maximum atomic E-state index is 12.2. The summed E-state index contributed by atoms with van der Waals surface area (Å²) in [6.07, 6.45) is 3.15. The summed E-state index contributed by atoms with van der Waals surface area (Å²) in [6.45, 7) is 3.57. The zero-order valence-electron chi connectivity index (χ0n) is 12.9. The Kier molecular flexibility index (Phi) is 5.81. The third-order valence-corrected chi connectivity index (χ3v) is 3.71. The summed E-state index contributed by atoms with van der Waals surface area (Å²) in [5, 5.41) is 6.32. The minimum Gasteiger partial charge on any atom is -0.343 e. The minimum atomic E-state index is -4.46. The zero-order chi connectivity index (χ0) is 17.7. The molecule has 2 rings (SSSR count). The highest BCUT2D eigenvalue weighted by Crippen LogP contribution is 2.30. The van der Waals surface area contributed by atoms with Gasteiger partial charge < -0.3 is 9.84 Å². The van der Waals surface area contributed by atoms with Crippen LogP contribution in [-0.4, -0.2) is 32.3 Å².